The van der Waals surface area contributed by atoms with Crippen LogP contribution in [0.15, 0.2) is 54.6 Å². The summed E-state index contributed by atoms with van der Waals surface area (Å²) in [7, 11) is 0. The summed E-state index contributed by atoms with van der Waals surface area (Å²) in [5, 5.41) is 14.2. The Bertz CT molecular complexity index is 981. The first-order chi connectivity index (χ1) is 14.0. The van der Waals surface area contributed by atoms with Gasteiger partial charge in [-0.3, -0.25) is 9.59 Å². The van der Waals surface area contributed by atoms with Crippen LogP contribution in [0, 0.1) is 5.82 Å². The largest absolute Gasteiger partial charge is 0.349 e. The monoisotopic (exact) mass is 430 g/mol. The fraction of sp³-hybridized carbons (Fsp3) is 0.200. The molecule has 0 saturated heterocycles. The van der Waals surface area contributed by atoms with Crippen molar-refractivity contribution in [3.05, 3.63) is 76.0 Å². The average Bonchev–Trinajstić information content (AvgIpc) is 3.18. The van der Waals surface area contributed by atoms with Gasteiger partial charge in [0, 0.05) is 11.4 Å². The summed E-state index contributed by atoms with van der Waals surface area (Å²) in [4.78, 5) is 24.3. The van der Waals surface area contributed by atoms with Crippen LogP contribution in [0.2, 0.25) is 0 Å². The van der Waals surface area contributed by atoms with Gasteiger partial charge in [-0.15, -0.1) is 22.0 Å². The first-order valence-electron chi connectivity index (χ1n) is 8.82. The molecule has 1 aromatic heterocycles. The maximum Gasteiger partial charge on any atom is 0.286 e. The number of thioether (sulfide) groups is 1. The summed E-state index contributed by atoms with van der Waals surface area (Å²) in [5.74, 6) is -0.199. The van der Waals surface area contributed by atoms with Crippen LogP contribution in [-0.2, 0) is 10.5 Å². The van der Waals surface area contributed by atoms with E-state index in [9.17, 15) is 14.0 Å². The zero-order chi connectivity index (χ0) is 20.6. The Morgan fingerprint density at radius 2 is 1.93 bits per heavy atom. The van der Waals surface area contributed by atoms with E-state index in [0.717, 1.165) is 16.9 Å². The maximum absolute atomic E-state index is 13.2. The molecule has 2 amide bonds. The van der Waals surface area contributed by atoms with Gasteiger partial charge in [0.2, 0.25) is 10.9 Å². The molecule has 6 nitrogen and oxygen atoms in total. The number of benzene rings is 2. The number of carbonyl (C=O) groups is 2. The molecule has 0 saturated carbocycles. The third-order valence-corrected chi connectivity index (χ3v) is 5.93. The minimum Gasteiger partial charge on any atom is -0.349 e. The molecule has 2 N–H and O–H groups in total. The maximum atomic E-state index is 13.2. The van der Waals surface area contributed by atoms with Crippen molar-refractivity contribution >= 4 is 40.6 Å². The lowest BCUT2D eigenvalue weighted by atomic mass is 10.1. The molecule has 29 heavy (non-hydrogen) atoms. The molecule has 0 bridgehead atoms. The number of amides is 2. The van der Waals surface area contributed by atoms with Crippen LogP contribution in [0.5, 0.6) is 0 Å². The molecule has 0 aliphatic heterocycles. The Morgan fingerprint density at radius 1 is 1.14 bits per heavy atom. The molecule has 150 valence electrons. The zero-order valence-corrected chi connectivity index (χ0v) is 17.2. The van der Waals surface area contributed by atoms with E-state index in [2.05, 4.69) is 20.8 Å². The van der Waals surface area contributed by atoms with Gasteiger partial charge in [0.1, 0.15) is 10.8 Å². The molecule has 1 atom stereocenters. The number of rotatable bonds is 8. The Morgan fingerprint density at radius 3 is 2.69 bits per heavy atom. The van der Waals surface area contributed by atoms with E-state index in [0.29, 0.717) is 16.4 Å². The molecule has 3 aromatic rings. The molecular weight excluding hydrogens is 411 g/mol. The third-order valence-electron chi connectivity index (χ3n) is 3.88. The topological polar surface area (TPSA) is 84.0 Å². The lowest BCUT2D eigenvalue weighted by Gasteiger charge is -2.13. The fourth-order valence-electron chi connectivity index (χ4n) is 2.49. The first kappa shape index (κ1) is 20.9. The summed E-state index contributed by atoms with van der Waals surface area (Å²) < 4.78 is 13.2. The minimum atomic E-state index is -0.446. The highest BCUT2D eigenvalue weighted by molar-refractivity contribution is 7.99. The second kappa shape index (κ2) is 10.1. The van der Waals surface area contributed by atoms with Crippen molar-refractivity contribution in [3.8, 4) is 0 Å². The number of anilines is 1. The lowest BCUT2D eigenvalue weighted by molar-refractivity contribution is -0.119. The Kier molecular flexibility index (Phi) is 7.31. The predicted molar refractivity (Wildman–Crippen MR) is 113 cm³/mol. The molecule has 0 unspecified atom stereocenters. The Labute approximate surface area is 175 Å². The number of aromatic nitrogens is 2. The number of halogens is 1. The van der Waals surface area contributed by atoms with Crippen LogP contribution in [0.3, 0.4) is 0 Å². The van der Waals surface area contributed by atoms with Gasteiger partial charge in [-0.1, -0.05) is 47.7 Å². The number of hydrogen-bond acceptors (Lipinski definition) is 6. The summed E-state index contributed by atoms with van der Waals surface area (Å²) in [5.41, 5.74) is 1.40. The van der Waals surface area contributed by atoms with Crippen molar-refractivity contribution in [3.63, 3.8) is 0 Å². The van der Waals surface area contributed by atoms with Gasteiger partial charge in [-0.05, 0) is 30.7 Å². The van der Waals surface area contributed by atoms with Crippen molar-refractivity contribution in [1.29, 1.82) is 0 Å². The molecule has 0 spiro atoms. The molecule has 0 fully saturated rings. The van der Waals surface area contributed by atoms with E-state index < -0.39 is 11.7 Å². The summed E-state index contributed by atoms with van der Waals surface area (Å²) in [6, 6.07) is 15.3. The highest BCUT2D eigenvalue weighted by atomic mass is 32.2. The highest BCUT2D eigenvalue weighted by Gasteiger charge is 2.14. The van der Waals surface area contributed by atoms with Crippen molar-refractivity contribution in [2.75, 3.05) is 11.1 Å². The quantitative estimate of drug-likeness (QED) is 0.564. The van der Waals surface area contributed by atoms with Crippen LogP contribution in [0.25, 0.3) is 0 Å². The van der Waals surface area contributed by atoms with Crippen LogP contribution in [-0.4, -0.2) is 27.8 Å². The van der Waals surface area contributed by atoms with Crippen LogP contribution in [0.1, 0.15) is 33.3 Å². The lowest BCUT2D eigenvalue weighted by Crippen LogP contribution is -2.28. The van der Waals surface area contributed by atoms with Crippen molar-refractivity contribution in [2.45, 2.75) is 18.7 Å². The van der Waals surface area contributed by atoms with Gasteiger partial charge >= 0.3 is 0 Å². The molecule has 3 rings (SSSR count). The predicted octanol–water partition coefficient (Wildman–Crippen LogP) is 4.04. The van der Waals surface area contributed by atoms with Gasteiger partial charge in [-0.25, -0.2) is 4.39 Å². The Hall–Kier alpha value is -2.78. The van der Waals surface area contributed by atoms with Crippen molar-refractivity contribution < 1.29 is 14.0 Å². The first-order valence-corrected chi connectivity index (χ1v) is 10.8. The molecule has 2 aromatic carbocycles. The number of carbonyl (C=O) groups excluding carboxylic acids is 2. The van der Waals surface area contributed by atoms with Crippen molar-refractivity contribution in [2.24, 2.45) is 0 Å². The smallest absolute Gasteiger partial charge is 0.286 e. The number of nitrogens with one attached hydrogen (secondary N) is 2. The van der Waals surface area contributed by atoms with Gasteiger partial charge < -0.3 is 10.6 Å². The summed E-state index contributed by atoms with van der Waals surface area (Å²) >= 11 is 2.54. The summed E-state index contributed by atoms with van der Waals surface area (Å²) in [6.45, 7) is 1.94. The van der Waals surface area contributed by atoms with E-state index in [1.54, 1.807) is 6.07 Å². The van der Waals surface area contributed by atoms with Crippen molar-refractivity contribution in [1.82, 2.24) is 15.5 Å². The molecule has 1 heterocycles. The highest BCUT2D eigenvalue weighted by Crippen LogP contribution is 2.19. The Balaban J connectivity index is 1.44. The average molecular weight is 431 g/mol. The molecular formula is C20H19FN4O2S2. The fourth-order valence-corrected chi connectivity index (χ4v) is 4.11. The normalized spacial score (nSPS) is 11.7. The van der Waals surface area contributed by atoms with E-state index in [-0.39, 0.29) is 22.7 Å². The molecule has 0 aliphatic rings. The number of hydrogen-bond donors (Lipinski definition) is 2. The third kappa shape index (κ3) is 6.37. The van der Waals surface area contributed by atoms with E-state index in [1.807, 2.05) is 37.3 Å². The second-order valence-electron chi connectivity index (χ2n) is 6.16. The van der Waals surface area contributed by atoms with Gasteiger partial charge in [-0.2, -0.15) is 0 Å². The van der Waals surface area contributed by atoms with Gasteiger partial charge in [0.05, 0.1) is 11.8 Å². The van der Waals surface area contributed by atoms with Crippen LogP contribution < -0.4 is 10.6 Å². The van der Waals surface area contributed by atoms with E-state index in [1.165, 1.54) is 30.0 Å². The van der Waals surface area contributed by atoms with E-state index >= 15 is 0 Å². The zero-order valence-electron chi connectivity index (χ0n) is 15.6. The molecule has 0 aliphatic carbocycles. The standard InChI is InChI=1S/C20H19FN4O2S2/c1-13(14-6-3-2-4-7-14)22-17(26)11-28-12-18-24-25-20(29-18)19(27)23-16-9-5-8-15(21)10-16/h2-10,13H,11-12H2,1H3,(H,22,26)(H,23,27)/t13-/m0/s1. The SMILES string of the molecule is C[C@H](NC(=O)CSCc1nnc(C(=O)Nc2cccc(F)c2)s1)c1ccccc1. The molecule has 0 radical (unpaired) electrons. The van der Waals surface area contributed by atoms with Gasteiger partial charge in [0.25, 0.3) is 5.91 Å². The van der Waals surface area contributed by atoms with Gasteiger partial charge in [0.15, 0.2) is 0 Å². The minimum absolute atomic E-state index is 0.0658. The number of nitrogens with zero attached hydrogens (tertiary/aromatic N) is 2. The van der Waals surface area contributed by atoms with E-state index in [4.69, 9.17) is 0 Å². The second-order valence-corrected chi connectivity index (χ2v) is 8.21. The summed E-state index contributed by atoms with van der Waals surface area (Å²) in [6.07, 6.45) is 0. The van der Waals surface area contributed by atoms with Crippen LogP contribution in [0.4, 0.5) is 10.1 Å². The molecule has 9 heteroatoms. The van der Waals surface area contributed by atoms with Crippen LogP contribution >= 0.6 is 23.1 Å².